The summed E-state index contributed by atoms with van der Waals surface area (Å²) in [5.74, 6) is -0.916. The third-order valence-electron chi connectivity index (χ3n) is 5.99. The molecular weight excluding hydrogens is 448 g/mol. The van der Waals surface area contributed by atoms with Crippen LogP contribution in [0.3, 0.4) is 0 Å². The average Bonchev–Trinajstić information content (AvgIpc) is 3.36. The van der Waals surface area contributed by atoms with Crippen LogP contribution < -0.4 is 10.6 Å². The molecule has 0 bridgehead atoms. The fraction of sp³-hybridized carbons (Fsp3) is 0.154. The SMILES string of the molecule is Cc1nc(-c2ccc(NC(=O)CN3C(=O)NC(C)(c4ccc5ccccc5c4)C3=O)cc2)cs1. The maximum absolute atomic E-state index is 13.2. The molecule has 1 aliphatic heterocycles. The van der Waals surface area contributed by atoms with Crippen LogP contribution in [0.15, 0.2) is 72.1 Å². The molecule has 1 aromatic heterocycles. The molecule has 0 radical (unpaired) electrons. The molecule has 1 unspecified atom stereocenters. The second kappa shape index (κ2) is 8.39. The van der Waals surface area contributed by atoms with E-state index in [9.17, 15) is 14.4 Å². The van der Waals surface area contributed by atoms with Crippen LogP contribution >= 0.6 is 11.3 Å². The Morgan fingerprint density at radius 3 is 2.50 bits per heavy atom. The standard InChI is InChI=1S/C26H22N4O3S/c1-16-27-22(15-34-16)18-8-11-21(12-9-18)28-23(31)14-30-24(32)26(2,29-25(30)33)20-10-7-17-5-3-4-6-19(17)13-20/h3-13,15H,14H2,1-2H3,(H,28,31)(H,29,33). The Balaban J connectivity index is 1.29. The minimum Gasteiger partial charge on any atom is -0.325 e. The summed E-state index contributed by atoms with van der Waals surface area (Å²) >= 11 is 1.57. The summed E-state index contributed by atoms with van der Waals surface area (Å²) in [5.41, 5.74) is 1.83. The van der Waals surface area contributed by atoms with Gasteiger partial charge in [-0.1, -0.05) is 48.5 Å². The van der Waals surface area contributed by atoms with Crippen LogP contribution in [-0.2, 0) is 15.1 Å². The quantitative estimate of drug-likeness (QED) is 0.415. The van der Waals surface area contributed by atoms with E-state index < -0.39 is 23.4 Å². The minimum absolute atomic E-state index is 0.374. The largest absolute Gasteiger partial charge is 0.325 e. The zero-order valence-electron chi connectivity index (χ0n) is 18.7. The number of nitrogens with zero attached hydrogens (tertiary/aromatic N) is 2. The Morgan fingerprint density at radius 1 is 1.06 bits per heavy atom. The van der Waals surface area contributed by atoms with Crippen molar-refractivity contribution in [2.24, 2.45) is 0 Å². The van der Waals surface area contributed by atoms with Crippen LogP contribution in [0.2, 0.25) is 0 Å². The summed E-state index contributed by atoms with van der Waals surface area (Å²) in [6, 6.07) is 20.1. The monoisotopic (exact) mass is 470 g/mol. The van der Waals surface area contributed by atoms with Gasteiger partial charge in [0.15, 0.2) is 0 Å². The van der Waals surface area contributed by atoms with Gasteiger partial charge in [0.1, 0.15) is 12.1 Å². The highest BCUT2D eigenvalue weighted by atomic mass is 32.1. The maximum Gasteiger partial charge on any atom is 0.325 e. The molecule has 7 nitrogen and oxygen atoms in total. The van der Waals surface area contributed by atoms with Gasteiger partial charge in [-0.15, -0.1) is 11.3 Å². The highest BCUT2D eigenvalue weighted by molar-refractivity contribution is 7.09. The zero-order valence-corrected chi connectivity index (χ0v) is 19.5. The first-order valence-corrected chi connectivity index (χ1v) is 11.7. The number of amides is 4. The first-order chi connectivity index (χ1) is 16.3. The van der Waals surface area contributed by atoms with E-state index in [4.69, 9.17) is 0 Å². The molecule has 34 heavy (non-hydrogen) atoms. The highest BCUT2D eigenvalue weighted by Crippen LogP contribution is 2.31. The molecule has 1 fully saturated rings. The average molecular weight is 471 g/mol. The van der Waals surface area contributed by atoms with Gasteiger partial charge in [0.05, 0.1) is 10.7 Å². The van der Waals surface area contributed by atoms with Crippen molar-refractivity contribution in [2.45, 2.75) is 19.4 Å². The van der Waals surface area contributed by atoms with E-state index in [0.29, 0.717) is 11.3 Å². The molecule has 0 saturated carbocycles. The molecule has 170 valence electrons. The Bertz CT molecular complexity index is 1430. The molecule has 4 aromatic rings. The van der Waals surface area contributed by atoms with Crippen LogP contribution in [0.25, 0.3) is 22.0 Å². The maximum atomic E-state index is 13.2. The predicted octanol–water partition coefficient (Wildman–Crippen LogP) is 4.68. The number of anilines is 1. The van der Waals surface area contributed by atoms with Gasteiger partial charge in [0, 0.05) is 16.6 Å². The first-order valence-electron chi connectivity index (χ1n) is 10.8. The van der Waals surface area contributed by atoms with Crippen LogP contribution in [0.1, 0.15) is 17.5 Å². The smallest absolute Gasteiger partial charge is 0.325 e. The lowest BCUT2D eigenvalue weighted by Gasteiger charge is -2.22. The number of carbonyl (C=O) groups excluding carboxylic acids is 3. The van der Waals surface area contributed by atoms with E-state index in [2.05, 4.69) is 15.6 Å². The van der Waals surface area contributed by atoms with E-state index in [0.717, 1.165) is 31.9 Å². The highest BCUT2D eigenvalue weighted by Gasteiger charge is 2.49. The van der Waals surface area contributed by atoms with Crippen molar-refractivity contribution in [1.29, 1.82) is 0 Å². The first kappa shape index (κ1) is 21.8. The van der Waals surface area contributed by atoms with Crippen molar-refractivity contribution < 1.29 is 14.4 Å². The van der Waals surface area contributed by atoms with Crippen LogP contribution in [0.4, 0.5) is 10.5 Å². The third-order valence-corrected chi connectivity index (χ3v) is 6.76. The van der Waals surface area contributed by atoms with Crippen LogP contribution in [0.5, 0.6) is 0 Å². The molecule has 8 heteroatoms. The summed E-state index contributed by atoms with van der Waals surface area (Å²) in [4.78, 5) is 43.9. The number of benzene rings is 3. The van der Waals surface area contributed by atoms with Crippen molar-refractivity contribution in [3.63, 3.8) is 0 Å². The molecule has 5 rings (SSSR count). The predicted molar refractivity (Wildman–Crippen MR) is 132 cm³/mol. The lowest BCUT2D eigenvalue weighted by atomic mass is 9.90. The Labute approximate surface area is 200 Å². The van der Waals surface area contributed by atoms with Gasteiger partial charge in [0.25, 0.3) is 5.91 Å². The number of hydrogen-bond donors (Lipinski definition) is 2. The van der Waals surface area contributed by atoms with Crippen molar-refractivity contribution in [1.82, 2.24) is 15.2 Å². The van der Waals surface area contributed by atoms with Crippen molar-refractivity contribution >= 4 is 45.6 Å². The third kappa shape index (κ3) is 3.92. The topological polar surface area (TPSA) is 91.4 Å². The number of urea groups is 1. The van der Waals surface area contributed by atoms with E-state index in [1.54, 1.807) is 30.4 Å². The summed E-state index contributed by atoms with van der Waals surface area (Å²) in [5, 5.41) is 10.5. The van der Waals surface area contributed by atoms with Gasteiger partial charge in [-0.2, -0.15) is 0 Å². The van der Waals surface area contributed by atoms with Crippen LogP contribution in [-0.4, -0.2) is 34.3 Å². The van der Waals surface area contributed by atoms with Crippen LogP contribution in [0, 0.1) is 6.92 Å². The zero-order chi connectivity index (χ0) is 23.9. The van der Waals surface area contributed by atoms with E-state index in [-0.39, 0.29) is 6.54 Å². The van der Waals surface area contributed by atoms with E-state index in [1.807, 2.05) is 66.9 Å². The number of fused-ring (bicyclic) bond motifs is 1. The molecular formula is C26H22N4O3S. The molecule has 1 atom stereocenters. The summed E-state index contributed by atoms with van der Waals surface area (Å²) in [6.45, 7) is 3.23. The van der Waals surface area contributed by atoms with Gasteiger partial charge >= 0.3 is 6.03 Å². The number of nitrogens with one attached hydrogen (secondary N) is 2. The normalized spacial score (nSPS) is 17.8. The van der Waals surface area contributed by atoms with Crippen molar-refractivity contribution in [3.05, 3.63) is 82.7 Å². The molecule has 4 amide bonds. The Morgan fingerprint density at radius 2 is 1.79 bits per heavy atom. The minimum atomic E-state index is -1.24. The number of aromatic nitrogens is 1. The lowest BCUT2D eigenvalue weighted by molar-refractivity contribution is -0.133. The molecule has 1 saturated heterocycles. The number of hydrogen-bond acceptors (Lipinski definition) is 5. The van der Waals surface area contributed by atoms with Gasteiger partial charge in [-0.25, -0.2) is 9.78 Å². The molecule has 0 aliphatic carbocycles. The van der Waals surface area contributed by atoms with E-state index in [1.165, 1.54) is 0 Å². The Kier molecular flexibility index (Phi) is 5.37. The number of aryl methyl sites for hydroxylation is 1. The fourth-order valence-corrected chi connectivity index (χ4v) is 4.72. The molecule has 3 aromatic carbocycles. The van der Waals surface area contributed by atoms with Gasteiger partial charge in [-0.3, -0.25) is 14.5 Å². The lowest BCUT2D eigenvalue weighted by Crippen LogP contribution is -2.42. The van der Waals surface area contributed by atoms with Crippen molar-refractivity contribution in [3.8, 4) is 11.3 Å². The van der Waals surface area contributed by atoms with Gasteiger partial charge in [-0.05, 0) is 48.4 Å². The van der Waals surface area contributed by atoms with Crippen molar-refractivity contribution in [2.75, 3.05) is 11.9 Å². The Hall–Kier alpha value is -4.04. The number of carbonyl (C=O) groups is 3. The summed E-state index contributed by atoms with van der Waals surface area (Å²) in [7, 11) is 0. The molecule has 2 N–H and O–H groups in total. The van der Waals surface area contributed by atoms with E-state index >= 15 is 0 Å². The second-order valence-electron chi connectivity index (χ2n) is 8.39. The summed E-state index contributed by atoms with van der Waals surface area (Å²) in [6.07, 6.45) is 0. The second-order valence-corrected chi connectivity index (χ2v) is 9.45. The van der Waals surface area contributed by atoms with Gasteiger partial charge < -0.3 is 10.6 Å². The molecule has 0 spiro atoms. The number of rotatable bonds is 5. The number of imide groups is 1. The number of thiazole rings is 1. The van der Waals surface area contributed by atoms with Gasteiger partial charge in [0.2, 0.25) is 5.91 Å². The molecule has 2 heterocycles. The fourth-order valence-electron chi connectivity index (χ4n) is 4.10. The summed E-state index contributed by atoms with van der Waals surface area (Å²) < 4.78 is 0. The molecule has 1 aliphatic rings.